The zero-order chi connectivity index (χ0) is 18.7. The standard InChI is InChI=1S/C20H26N4O2/c1-20(2,3)23-16-8-9-22-19(25)17(16)18(21)14-4-6-15(7-5-14)24-10-12-26-13-11-24/h4-9,21H,10-13H2,1-3H3,(H2,22,23,25). The average Bonchev–Trinajstić information content (AvgIpc) is 2.61. The monoisotopic (exact) mass is 354 g/mol. The minimum atomic E-state index is -0.262. The maximum absolute atomic E-state index is 12.4. The number of anilines is 2. The van der Waals surface area contributed by atoms with Gasteiger partial charge in [-0.05, 0) is 39.0 Å². The summed E-state index contributed by atoms with van der Waals surface area (Å²) in [4.78, 5) is 17.3. The predicted octanol–water partition coefficient (Wildman–Crippen LogP) is 2.84. The van der Waals surface area contributed by atoms with Crippen LogP contribution >= 0.6 is 0 Å². The molecule has 1 aromatic heterocycles. The number of benzene rings is 1. The number of hydrogen-bond acceptors (Lipinski definition) is 5. The van der Waals surface area contributed by atoms with Crippen molar-refractivity contribution >= 4 is 17.1 Å². The van der Waals surface area contributed by atoms with E-state index in [1.54, 1.807) is 12.3 Å². The minimum Gasteiger partial charge on any atom is -0.380 e. The van der Waals surface area contributed by atoms with Gasteiger partial charge in [-0.2, -0.15) is 0 Å². The molecule has 0 amide bonds. The molecule has 3 N–H and O–H groups in total. The molecule has 1 fully saturated rings. The van der Waals surface area contributed by atoms with E-state index < -0.39 is 0 Å². The van der Waals surface area contributed by atoms with Crippen molar-refractivity contribution in [1.29, 1.82) is 5.41 Å². The second-order valence-electron chi connectivity index (χ2n) is 7.49. The summed E-state index contributed by atoms with van der Waals surface area (Å²) in [6.45, 7) is 9.29. The number of aromatic amines is 1. The summed E-state index contributed by atoms with van der Waals surface area (Å²) in [6, 6.07) is 9.62. The van der Waals surface area contributed by atoms with Crippen LogP contribution in [0.3, 0.4) is 0 Å². The van der Waals surface area contributed by atoms with E-state index in [1.165, 1.54) is 0 Å². The summed E-state index contributed by atoms with van der Waals surface area (Å²) < 4.78 is 5.39. The number of rotatable bonds is 4. The third kappa shape index (κ3) is 4.14. The number of pyridine rings is 1. The van der Waals surface area contributed by atoms with Crippen molar-refractivity contribution in [2.24, 2.45) is 0 Å². The normalized spacial score (nSPS) is 15.0. The van der Waals surface area contributed by atoms with Crippen LogP contribution in [0.5, 0.6) is 0 Å². The molecule has 6 nitrogen and oxygen atoms in total. The Kier molecular flexibility index (Phi) is 5.13. The number of morpholine rings is 1. The van der Waals surface area contributed by atoms with Gasteiger partial charge in [-0.3, -0.25) is 10.2 Å². The molecule has 26 heavy (non-hydrogen) atoms. The molecule has 1 aromatic carbocycles. The number of hydrogen-bond donors (Lipinski definition) is 3. The van der Waals surface area contributed by atoms with Gasteiger partial charge in [0.05, 0.1) is 30.2 Å². The van der Waals surface area contributed by atoms with Crippen molar-refractivity contribution in [2.75, 3.05) is 36.5 Å². The SMILES string of the molecule is CC(C)(C)Nc1cc[nH]c(=O)c1C(=N)c1ccc(N2CCOCC2)cc1. The van der Waals surface area contributed by atoms with Crippen LogP contribution in [0.25, 0.3) is 0 Å². The Morgan fingerprint density at radius 2 is 1.81 bits per heavy atom. The van der Waals surface area contributed by atoms with E-state index in [4.69, 9.17) is 10.1 Å². The molecule has 2 heterocycles. The third-order valence-corrected chi connectivity index (χ3v) is 4.25. The summed E-state index contributed by atoms with van der Waals surface area (Å²) in [5.41, 5.74) is 2.61. The van der Waals surface area contributed by atoms with Crippen molar-refractivity contribution in [2.45, 2.75) is 26.3 Å². The van der Waals surface area contributed by atoms with Crippen LogP contribution in [-0.2, 0) is 4.74 Å². The molecule has 0 saturated carbocycles. The van der Waals surface area contributed by atoms with Gasteiger partial charge in [-0.25, -0.2) is 0 Å². The largest absolute Gasteiger partial charge is 0.380 e. The lowest BCUT2D eigenvalue weighted by Gasteiger charge is -2.29. The Morgan fingerprint density at radius 1 is 1.15 bits per heavy atom. The Labute approximate surface area is 153 Å². The fourth-order valence-corrected chi connectivity index (χ4v) is 3.04. The highest BCUT2D eigenvalue weighted by molar-refractivity contribution is 6.13. The molecule has 0 aliphatic carbocycles. The highest BCUT2D eigenvalue weighted by atomic mass is 16.5. The van der Waals surface area contributed by atoms with Gasteiger partial charge in [0, 0.05) is 36.1 Å². The number of ether oxygens (including phenoxy) is 1. The number of nitrogens with zero attached hydrogens (tertiary/aromatic N) is 1. The lowest BCUT2D eigenvalue weighted by molar-refractivity contribution is 0.122. The smallest absolute Gasteiger partial charge is 0.259 e. The maximum atomic E-state index is 12.4. The first-order chi connectivity index (χ1) is 12.3. The molecule has 0 atom stereocenters. The quantitative estimate of drug-likeness (QED) is 0.738. The van der Waals surface area contributed by atoms with Crippen LogP contribution in [-0.4, -0.2) is 42.5 Å². The predicted molar refractivity (Wildman–Crippen MR) is 106 cm³/mol. The van der Waals surface area contributed by atoms with Crippen molar-refractivity contribution in [1.82, 2.24) is 4.98 Å². The van der Waals surface area contributed by atoms with E-state index in [0.29, 0.717) is 11.3 Å². The molecule has 6 heteroatoms. The molecule has 0 spiro atoms. The Hall–Kier alpha value is -2.60. The van der Waals surface area contributed by atoms with Crippen molar-refractivity contribution in [3.63, 3.8) is 0 Å². The molecule has 138 valence electrons. The van der Waals surface area contributed by atoms with Crippen LogP contribution in [0.1, 0.15) is 31.9 Å². The summed E-state index contributed by atoms with van der Waals surface area (Å²) in [5, 5.41) is 11.9. The number of H-pyrrole nitrogens is 1. The van der Waals surface area contributed by atoms with E-state index >= 15 is 0 Å². The summed E-state index contributed by atoms with van der Waals surface area (Å²) in [7, 11) is 0. The molecule has 0 bridgehead atoms. The van der Waals surface area contributed by atoms with Crippen molar-refractivity contribution in [3.8, 4) is 0 Å². The number of aromatic nitrogens is 1. The summed E-state index contributed by atoms with van der Waals surface area (Å²) >= 11 is 0. The van der Waals surface area contributed by atoms with E-state index in [2.05, 4.69) is 15.2 Å². The molecule has 1 saturated heterocycles. The second kappa shape index (κ2) is 7.33. The van der Waals surface area contributed by atoms with E-state index in [0.717, 1.165) is 37.6 Å². The van der Waals surface area contributed by atoms with Gasteiger partial charge in [-0.1, -0.05) is 12.1 Å². The Bertz CT molecular complexity index is 828. The highest BCUT2D eigenvalue weighted by Crippen LogP contribution is 2.22. The molecule has 0 radical (unpaired) electrons. The first kappa shape index (κ1) is 18.2. The van der Waals surface area contributed by atoms with Gasteiger partial charge in [-0.15, -0.1) is 0 Å². The first-order valence-electron chi connectivity index (χ1n) is 8.87. The molecule has 3 rings (SSSR count). The fourth-order valence-electron chi connectivity index (χ4n) is 3.04. The Morgan fingerprint density at radius 3 is 2.42 bits per heavy atom. The molecule has 1 aliphatic rings. The average molecular weight is 354 g/mol. The first-order valence-corrected chi connectivity index (χ1v) is 8.87. The zero-order valence-corrected chi connectivity index (χ0v) is 15.6. The van der Waals surface area contributed by atoms with Gasteiger partial charge < -0.3 is 19.9 Å². The molecular formula is C20H26N4O2. The third-order valence-electron chi connectivity index (χ3n) is 4.25. The van der Waals surface area contributed by atoms with Crippen LogP contribution in [0.4, 0.5) is 11.4 Å². The second-order valence-corrected chi connectivity index (χ2v) is 7.49. The molecule has 0 unspecified atom stereocenters. The minimum absolute atomic E-state index is 0.205. The molecular weight excluding hydrogens is 328 g/mol. The molecule has 2 aromatic rings. The lowest BCUT2D eigenvalue weighted by atomic mass is 10.00. The topological polar surface area (TPSA) is 81.2 Å². The van der Waals surface area contributed by atoms with Crippen LogP contribution < -0.4 is 15.8 Å². The lowest BCUT2D eigenvalue weighted by Crippen LogP contribution is -2.36. The van der Waals surface area contributed by atoms with E-state index in [-0.39, 0.29) is 16.8 Å². The Balaban J connectivity index is 1.88. The highest BCUT2D eigenvalue weighted by Gasteiger charge is 2.19. The van der Waals surface area contributed by atoms with E-state index in [9.17, 15) is 4.79 Å². The van der Waals surface area contributed by atoms with Crippen LogP contribution in [0.15, 0.2) is 41.3 Å². The van der Waals surface area contributed by atoms with Gasteiger partial charge in [0.1, 0.15) is 0 Å². The fraction of sp³-hybridized carbons (Fsp3) is 0.400. The summed E-state index contributed by atoms with van der Waals surface area (Å²) in [6.07, 6.45) is 1.61. The number of nitrogens with one attached hydrogen (secondary N) is 3. The van der Waals surface area contributed by atoms with Gasteiger partial charge in [0.15, 0.2) is 0 Å². The van der Waals surface area contributed by atoms with Crippen molar-refractivity contribution in [3.05, 3.63) is 58.0 Å². The van der Waals surface area contributed by atoms with E-state index in [1.807, 2.05) is 45.0 Å². The maximum Gasteiger partial charge on any atom is 0.259 e. The van der Waals surface area contributed by atoms with Crippen LogP contribution in [0, 0.1) is 5.41 Å². The van der Waals surface area contributed by atoms with Gasteiger partial charge in [0.25, 0.3) is 5.56 Å². The molecule has 1 aliphatic heterocycles. The van der Waals surface area contributed by atoms with Crippen LogP contribution in [0.2, 0.25) is 0 Å². The van der Waals surface area contributed by atoms with Crippen molar-refractivity contribution < 1.29 is 4.74 Å². The van der Waals surface area contributed by atoms with Gasteiger partial charge in [0.2, 0.25) is 0 Å². The zero-order valence-electron chi connectivity index (χ0n) is 15.6. The summed E-state index contributed by atoms with van der Waals surface area (Å²) in [5.74, 6) is 0. The van der Waals surface area contributed by atoms with Gasteiger partial charge >= 0.3 is 0 Å².